The van der Waals surface area contributed by atoms with Gasteiger partial charge < -0.3 is 10.2 Å². The zero-order valence-electron chi connectivity index (χ0n) is 22.9. The highest BCUT2D eigenvalue weighted by molar-refractivity contribution is 7.92. The van der Waals surface area contributed by atoms with Crippen molar-refractivity contribution >= 4 is 27.5 Å². The molecule has 0 heterocycles. The van der Waals surface area contributed by atoms with E-state index in [2.05, 4.69) is 5.32 Å². The normalized spacial score (nSPS) is 12.0. The Morgan fingerprint density at radius 1 is 0.897 bits per heavy atom. The number of carbonyl (C=O) groups excluding carboxylic acids is 2. The fourth-order valence-corrected chi connectivity index (χ4v) is 5.45. The number of anilines is 1. The van der Waals surface area contributed by atoms with Crippen molar-refractivity contribution < 1.29 is 22.4 Å². The maximum absolute atomic E-state index is 14.0. The average molecular weight is 554 g/mol. The van der Waals surface area contributed by atoms with Crippen LogP contribution in [0.2, 0.25) is 0 Å². The van der Waals surface area contributed by atoms with Crippen molar-refractivity contribution in [1.29, 1.82) is 0 Å². The molecule has 3 aromatic carbocycles. The number of benzene rings is 3. The topological polar surface area (TPSA) is 86.8 Å². The van der Waals surface area contributed by atoms with Crippen LogP contribution in [-0.2, 0) is 32.6 Å². The highest BCUT2D eigenvalue weighted by Gasteiger charge is 2.33. The van der Waals surface area contributed by atoms with Crippen LogP contribution in [0, 0.1) is 19.7 Å². The molecule has 0 saturated heterocycles. The Hall–Kier alpha value is -3.72. The Morgan fingerprint density at radius 2 is 1.51 bits per heavy atom. The molecule has 0 bridgehead atoms. The third-order valence-electron chi connectivity index (χ3n) is 6.45. The Balaban J connectivity index is 2.07. The van der Waals surface area contributed by atoms with E-state index in [9.17, 15) is 22.4 Å². The van der Waals surface area contributed by atoms with Gasteiger partial charge in [0.2, 0.25) is 21.8 Å². The Morgan fingerprint density at radius 3 is 2.08 bits per heavy atom. The van der Waals surface area contributed by atoms with Gasteiger partial charge in [0.1, 0.15) is 18.4 Å². The second-order valence-electron chi connectivity index (χ2n) is 9.65. The van der Waals surface area contributed by atoms with Gasteiger partial charge in [-0.1, -0.05) is 67.6 Å². The van der Waals surface area contributed by atoms with E-state index in [4.69, 9.17) is 0 Å². The van der Waals surface area contributed by atoms with Gasteiger partial charge in [-0.2, -0.15) is 0 Å². The minimum atomic E-state index is -3.85. The molecule has 0 aliphatic carbocycles. The highest BCUT2D eigenvalue weighted by atomic mass is 32.2. The molecule has 208 valence electrons. The first-order chi connectivity index (χ1) is 18.5. The number of hydrogen-bond acceptors (Lipinski definition) is 4. The summed E-state index contributed by atoms with van der Waals surface area (Å²) in [7, 11) is -3.85. The van der Waals surface area contributed by atoms with Crippen LogP contribution in [-0.4, -0.2) is 50.5 Å². The second kappa shape index (κ2) is 13.4. The number of sulfonamides is 1. The number of rotatable bonds is 12. The van der Waals surface area contributed by atoms with Crippen molar-refractivity contribution in [3.05, 3.63) is 101 Å². The van der Waals surface area contributed by atoms with E-state index in [0.29, 0.717) is 35.3 Å². The number of nitrogens with one attached hydrogen (secondary N) is 1. The monoisotopic (exact) mass is 553 g/mol. The molecule has 0 aliphatic heterocycles. The molecule has 9 heteroatoms. The van der Waals surface area contributed by atoms with Crippen LogP contribution < -0.4 is 9.62 Å². The van der Waals surface area contributed by atoms with E-state index in [-0.39, 0.29) is 18.9 Å². The van der Waals surface area contributed by atoms with Gasteiger partial charge in [0, 0.05) is 19.5 Å². The highest BCUT2D eigenvalue weighted by Crippen LogP contribution is 2.27. The van der Waals surface area contributed by atoms with Gasteiger partial charge >= 0.3 is 0 Å². The van der Waals surface area contributed by atoms with Gasteiger partial charge in [0.05, 0.1) is 11.9 Å². The number of para-hydroxylation sites is 1. The molecule has 0 radical (unpaired) electrons. The van der Waals surface area contributed by atoms with E-state index in [1.165, 1.54) is 17.0 Å². The summed E-state index contributed by atoms with van der Waals surface area (Å²) in [5, 5.41) is 2.89. The smallest absolute Gasteiger partial charge is 0.244 e. The summed E-state index contributed by atoms with van der Waals surface area (Å²) in [5.74, 6) is -1.30. The van der Waals surface area contributed by atoms with Crippen LogP contribution in [0.25, 0.3) is 0 Å². The number of carbonyl (C=O) groups is 2. The molecule has 1 N–H and O–H groups in total. The predicted molar refractivity (Wildman–Crippen MR) is 152 cm³/mol. The lowest BCUT2D eigenvalue weighted by Gasteiger charge is -2.34. The summed E-state index contributed by atoms with van der Waals surface area (Å²) in [6, 6.07) is 19.5. The maximum atomic E-state index is 14.0. The van der Waals surface area contributed by atoms with Crippen LogP contribution in [0.4, 0.5) is 10.1 Å². The molecule has 0 unspecified atom stereocenters. The standard InChI is InChI=1S/C30H36FN3O4S/c1-5-18-32-30(36)27(19-24-12-7-6-8-13-24)33(20-25-14-16-26(31)17-15-25)28(35)21-34(39(4,37)38)29-22(2)10-9-11-23(29)3/h6-17,27H,5,18-21H2,1-4H3,(H,32,36)/t27-/m1/s1. The van der Waals surface area contributed by atoms with E-state index in [0.717, 1.165) is 16.1 Å². The Labute approximate surface area is 230 Å². The minimum Gasteiger partial charge on any atom is -0.354 e. The average Bonchev–Trinajstić information content (AvgIpc) is 2.89. The molecule has 0 fully saturated rings. The number of halogens is 1. The molecular weight excluding hydrogens is 517 g/mol. The first-order valence-corrected chi connectivity index (χ1v) is 14.8. The molecular formula is C30H36FN3O4S. The van der Waals surface area contributed by atoms with Crippen molar-refractivity contribution in [2.45, 2.75) is 46.2 Å². The van der Waals surface area contributed by atoms with Gasteiger partial charge in [0.15, 0.2) is 0 Å². The third-order valence-corrected chi connectivity index (χ3v) is 7.57. The number of nitrogens with zero attached hydrogens (tertiary/aromatic N) is 2. The summed E-state index contributed by atoms with van der Waals surface area (Å²) < 4.78 is 40.7. The Kier molecular flexibility index (Phi) is 10.2. The number of amides is 2. The predicted octanol–water partition coefficient (Wildman–Crippen LogP) is 4.37. The van der Waals surface area contributed by atoms with E-state index < -0.39 is 34.3 Å². The SMILES string of the molecule is CCCNC(=O)[C@@H](Cc1ccccc1)N(Cc1ccc(F)cc1)C(=O)CN(c1c(C)cccc1C)S(C)(=O)=O. The van der Waals surface area contributed by atoms with Crippen molar-refractivity contribution in [3.63, 3.8) is 0 Å². The Bertz CT molecular complexity index is 1360. The van der Waals surface area contributed by atoms with Gasteiger partial charge in [-0.3, -0.25) is 13.9 Å². The lowest BCUT2D eigenvalue weighted by molar-refractivity contribution is -0.140. The van der Waals surface area contributed by atoms with Gasteiger partial charge in [-0.15, -0.1) is 0 Å². The van der Waals surface area contributed by atoms with Crippen LogP contribution >= 0.6 is 0 Å². The molecule has 1 atom stereocenters. The fraction of sp³-hybridized carbons (Fsp3) is 0.333. The molecule has 3 aromatic rings. The van der Waals surface area contributed by atoms with Gasteiger partial charge in [-0.25, -0.2) is 12.8 Å². The zero-order chi connectivity index (χ0) is 28.6. The second-order valence-corrected chi connectivity index (χ2v) is 11.6. The van der Waals surface area contributed by atoms with Crippen LogP contribution in [0.3, 0.4) is 0 Å². The summed E-state index contributed by atoms with van der Waals surface area (Å²) in [5.41, 5.74) is 3.31. The van der Waals surface area contributed by atoms with E-state index >= 15 is 0 Å². The summed E-state index contributed by atoms with van der Waals surface area (Å²) >= 11 is 0. The van der Waals surface area contributed by atoms with Crippen molar-refractivity contribution in [2.75, 3.05) is 23.7 Å². The van der Waals surface area contributed by atoms with Crippen LogP contribution in [0.1, 0.15) is 35.6 Å². The lowest BCUT2D eigenvalue weighted by atomic mass is 10.0. The van der Waals surface area contributed by atoms with Crippen LogP contribution in [0.15, 0.2) is 72.8 Å². The zero-order valence-corrected chi connectivity index (χ0v) is 23.7. The lowest BCUT2D eigenvalue weighted by Crippen LogP contribution is -2.53. The molecule has 0 saturated carbocycles. The van der Waals surface area contributed by atoms with Crippen LogP contribution in [0.5, 0.6) is 0 Å². The minimum absolute atomic E-state index is 0.000510. The largest absolute Gasteiger partial charge is 0.354 e. The number of hydrogen-bond donors (Lipinski definition) is 1. The number of aryl methyl sites for hydroxylation is 2. The van der Waals surface area contributed by atoms with Gasteiger partial charge in [-0.05, 0) is 54.7 Å². The molecule has 3 rings (SSSR count). The summed E-state index contributed by atoms with van der Waals surface area (Å²) in [6.07, 6.45) is 2.00. The molecule has 0 spiro atoms. The first-order valence-electron chi connectivity index (χ1n) is 12.9. The van der Waals surface area contributed by atoms with Gasteiger partial charge in [0.25, 0.3) is 0 Å². The summed E-state index contributed by atoms with van der Waals surface area (Å²) in [4.78, 5) is 28.9. The van der Waals surface area contributed by atoms with E-state index in [1.807, 2.05) is 43.3 Å². The van der Waals surface area contributed by atoms with E-state index in [1.54, 1.807) is 38.1 Å². The maximum Gasteiger partial charge on any atom is 0.244 e. The molecule has 39 heavy (non-hydrogen) atoms. The third kappa shape index (κ3) is 8.13. The summed E-state index contributed by atoms with van der Waals surface area (Å²) in [6.45, 7) is 5.46. The molecule has 0 aromatic heterocycles. The quantitative estimate of drug-likeness (QED) is 0.361. The fourth-order valence-electron chi connectivity index (χ4n) is 4.48. The first kappa shape index (κ1) is 29.8. The van der Waals surface area contributed by atoms with Crippen molar-refractivity contribution in [2.24, 2.45) is 0 Å². The van der Waals surface area contributed by atoms with Crippen molar-refractivity contribution in [1.82, 2.24) is 10.2 Å². The molecule has 2 amide bonds. The molecule has 0 aliphatic rings. The van der Waals surface area contributed by atoms with Crippen molar-refractivity contribution in [3.8, 4) is 0 Å². The molecule has 7 nitrogen and oxygen atoms in total.